The van der Waals surface area contributed by atoms with Crippen LogP contribution in [0.15, 0.2) is 53.4 Å². The van der Waals surface area contributed by atoms with Gasteiger partial charge < -0.3 is 9.47 Å². The van der Waals surface area contributed by atoms with Crippen molar-refractivity contribution in [3.63, 3.8) is 0 Å². The summed E-state index contributed by atoms with van der Waals surface area (Å²) in [5.74, 6) is 1.04. The minimum Gasteiger partial charge on any atom is -0.334 e. The molecule has 0 atom stereocenters. The first-order valence-electron chi connectivity index (χ1n) is 8.66. The number of anilines is 1. The second-order valence-corrected chi connectivity index (χ2v) is 8.64. The Morgan fingerprint density at radius 3 is 2.48 bits per heavy atom. The Hall–Kier alpha value is -2.91. The van der Waals surface area contributed by atoms with Crippen molar-refractivity contribution in [2.24, 2.45) is 7.05 Å². The van der Waals surface area contributed by atoms with Gasteiger partial charge in [0.2, 0.25) is 0 Å². The number of hydrogen-bond acceptors (Lipinski definition) is 5. The van der Waals surface area contributed by atoms with Gasteiger partial charge >= 0.3 is 0 Å². The van der Waals surface area contributed by atoms with Crippen molar-refractivity contribution >= 4 is 33.2 Å². The Labute approximate surface area is 174 Å². The highest BCUT2D eigenvalue weighted by Crippen LogP contribution is 2.20. The SMILES string of the molecule is Cc1nnc(CN(C)C(=O)c2cccc(S(=O)(=O)Nc3ccc(Cl)cc3)c2)n1C. The quantitative estimate of drug-likeness (QED) is 0.644. The third-order valence-electron chi connectivity index (χ3n) is 4.40. The number of halogens is 1. The molecule has 0 aliphatic carbocycles. The first kappa shape index (κ1) is 20.8. The summed E-state index contributed by atoms with van der Waals surface area (Å²) in [6.07, 6.45) is 0. The maximum atomic E-state index is 12.8. The van der Waals surface area contributed by atoms with Gasteiger partial charge in [-0.15, -0.1) is 10.2 Å². The van der Waals surface area contributed by atoms with Crippen molar-refractivity contribution in [3.05, 3.63) is 70.8 Å². The van der Waals surface area contributed by atoms with Crippen molar-refractivity contribution in [2.75, 3.05) is 11.8 Å². The highest BCUT2D eigenvalue weighted by atomic mass is 35.5. The zero-order chi connectivity index (χ0) is 21.2. The number of nitrogens with one attached hydrogen (secondary N) is 1. The molecule has 1 amide bonds. The van der Waals surface area contributed by atoms with Crippen LogP contribution in [-0.2, 0) is 23.6 Å². The normalized spacial score (nSPS) is 11.3. The van der Waals surface area contributed by atoms with Crippen LogP contribution in [-0.4, -0.2) is 41.0 Å². The van der Waals surface area contributed by atoms with Gasteiger partial charge in [-0.2, -0.15) is 0 Å². The van der Waals surface area contributed by atoms with E-state index < -0.39 is 10.0 Å². The Morgan fingerprint density at radius 1 is 1.17 bits per heavy atom. The smallest absolute Gasteiger partial charge is 0.261 e. The number of amides is 1. The fourth-order valence-corrected chi connectivity index (χ4v) is 3.85. The summed E-state index contributed by atoms with van der Waals surface area (Å²) in [5, 5.41) is 8.52. The summed E-state index contributed by atoms with van der Waals surface area (Å²) >= 11 is 5.82. The molecule has 10 heteroatoms. The molecule has 1 N–H and O–H groups in total. The zero-order valence-electron chi connectivity index (χ0n) is 16.1. The van der Waals surface area contributed by atoms with Gasteiger partial charge in [0.05, 0.1) is 11.4 Å². The molecule has 8 nitrogen and oxygen atoms in total. The summed E-state index contributed by atoms with van der Waals surface area (Å²) in [6, 6.07) is 12.2. The Morgan fingerprint density at radius 2 is 1.86 bits per heavy atom. The van der Waals surface area contributed by atoms with Crippen LogP contribution in [0.4, 0.5) is 5.69 Å². The van der Waals surface area contributed by atoms with Crippen molar-refractivity contribution in [3.8, 4) is 0 Å². The average molecular weight is 434 g/mol. The van der Waals surface area contributed by atoms with Gasteiger partial charge in [0.25, 0.3) is 15.9 Å². The second kappa shape index (κ2) is 8.22. The lowest BCUT2D eigenvalue weighted by Crippen LogP contribution is -2.28. The molecule has 0 spiro atoms. The number of carbonyl (C=O) groups excluding carboxylic acids is 1. The Kier molecular flexibility index (Phi) is 5.90. The zero-order valence-corrected chi connectivity index (χ0v) is 17.7. The molecule has 29 heavy (non-hydrogen) atoms. The van der Waals surface area contributed by atoms with Crippen molar-refractivity contribution < 1.29 is 13.2 Å². The predicted octanol–water partition coefficient (Wildman–Crippen LogP) is 2.85. The predicted molar refractivity (Wildman–Crippen MR) is 110 cm³/mol. The second-order valence-electron chi connectivity index (χ2n) is 6.52. The number of benzene rings is 2. The van der Waals surface area contributed by atoms with E-state index in [0.29, 0.717) is 16.5 Å². The molecule has 0 aliphatic heterocycles. The third kappa shape index (κ3) is 4.75. The lowest BCUT2D eigenvalue weighted by Gasteiger charge is -2.17. The average Bonchev–Trinajstić information content (AvgIpc) is 3.01. The van der Waals surface area contributed by atoms with Crippen LogP contribution >= 0.6 is 11.6 Å². The molecular weight excluding hydrogens is 414 g/mol. The van der Waals surface area contributed by atoms with Gasteiger partial charge in [-0.1, -0.05) is 17.7 Å². The Balaban J connectivity index is 1.79. The molecule has 1 heterocycles. The summed E-state index contributed by atoms with van der Waals surface area (Å²) in [5.41, 5.74) is 0.631. The molecule has 0 saturated carbocycles. The fraction of sp³-hybridized carbons (Fsp3) is 0.211. The van der Waals surface area contributed by atoms with Crippen LogP contribution in [0.3, 0.4) is 0 Å². The molecule has 0 radical (unpaired) electrons. The van der Waals surface area contributed by atoms with Crippen LogP contribution in [0, 0.1) is 6.92 Å². The van der Waals surface area contributed by atoms with E-state index in [-0.39, 0.29) is 22.9 Å². The van der Waals surface area contributed by atoms with E-state index in [1.165, 1.54) is 23.1 Å². The minimum atomic E-state index is -3.86. The van der Waals surface area contributed by atoms with E-state index in [1.54, 1.807) is 41.9 Å². The molecule has 1 aromatic heterocycles. The van der Waals surface area contributed by atoms with E-state index in [1.807, 2.05) is 14.0 Å². The molecule has 2 aromatic carbocycles. The van der Waals surface area contributed by atoms with E-state index in [2.05, 4.69) is 14.9 Å². The number of aromatic nitrogens is 3. The molecule has 0 aliphatic rings. The first-order chi connectivity index (χ1) is 13.7. The third-order valence-corrected chi connectivity index (χ3v) is 6.03. The number of sulfonamides is 1. The molecule has 0 saturated heterocycles. The van der Waals surface area contributed by atoms with Crippen LogP contribution < -0.4 is 4.72 Å². The number of carbonyl (C=O) groups is 1. The van der Waals surface area contributed by atoms with E-state index in [0.717, 1.165) is 5.82 Å². The fourth-order valence-electron chi connectivity index (χ4n) is 2.62. The lowest BCUT2D eigenvalue weighted by molar-refractivity contribution is 0.0780. The van der Waals surface area contributed by atoms with Crippen LogP contribution in [0.1, 0.15) is 22.0 Å². The summed E-state index contributed by atoms with van der Waals surface area (Å²) < 4.78 is 29.6. The number of nitrogens with zero attached hydrogens (tertiary/aromatic N) is 4. The Bertz CT molecular complexity index is 1140. The van der Waals surface area contributed by atoms with Gasteiger partial charge in [-0.25, -0.2) is 8.42 Å². The molecule has 152 valence electrons. The van der Waals surface area contributed by atoms with E-state index in [9.17, 15) is 13.2 Å². The molecule has 0 bridgehead atoms. The van der Waals surface area contributed by atoms with Gasteiger partial charge in [0.15, 0.2) is 5.82 Å². The molecular formula is C19H20ClN5O3S. The first-order valence-corrected chi connectivity index (χ1v) is 10.5. The topological polar surface area (TPSA) is 97.2 Å². The van der Waals surface area contributed by atoms with Crippen LogP contribution in [0.5, 0.6) is 0 Å². The summed E-state index contributed by atoms with van der Waals surface area (Å²) in [4.78, 5) is 14.2. The van der Waals surface area contributed by atoms with Gasteiger partial charge in [0, 0.05) is 30.4 Å². The van der Waals surface area contributed by atoms with Crippen molar-refractivity contribution in [2.45, 2.75) is 18.4 Å². The molecule has 3 aromatic rings. The monoisotopic (exact) mass is 433 g/mol. The van der Waals surface area contributed by atoms with Crippen LogP contribution in [0.25, 0.3) is 0 Å². The maximum absolute atomic E-state index is 12.8. The number of rotatable bonds is 6. The highest BCUT2D eigenvalue weighted by Gasteiger charge is 2.19. The van der Waals surface area contributed by atoms with Crippen LogP contribution in [0.2, 0.25) is 5.02 Å². The summed E-state index contributed by atoms with van der Waals surface area (Å²) in [6.45, 7) is 2.07. The van der Waals surface area contributed by atoms with Gasteiger partial charge in [-0.3, -0.25) is 9.52 Å². The molecule has 3 rings (SSSR count). The summed E-state index contributed by atoms with van der Waals surface area (Å²) in [7, 11) is -0.418. The van der Waals surface area contributed by atoms with Crippen molar-refractivity contribution in [1.82, 2.24) is 19.7 Å². The van der Waals surface area contributed by atoms with Crippen molar-refractivity contribution in [1.29, 1.82) is 0 Å². The largest absolute Gasteiger partial charge is 0.334 e. The number of hydrogen-bond donors (Lipinski definition) is 1. The van der Waals surface area contributed by atoms with E-state index in [4.69, 9.17) is 11.6 Å². The molecule has 0 unspecified atom stereocenters. The molecule has 0 fully saturated rings. The van der Waals surface area contributed by atoms with Gasteiger partial charge in [0.1, 0.15) is 5.82 Å². The van der Waals surface area contributed by atoms with E-state index >= 15 is 0 Å². The number of aryl methyl sites for hydroxylation is 1. The lowest BCUT2D eigenvalue weighted by atomic mass is 10.2. The standard InChI is InChI=1S/C19H20ClN5O3S/c1-13-21-22-18(25(13)3)12-24(2)19(26)14-5-4-6-17(11-14)29(27,28)23-16-9-7-15(20)8-10-16/h4-11,23H,12H2,1-3H3. The minimum absolute atomic E-state index is 0.0128. The maximum Gasteiger partial charge on any atom is 0.261 e. The van der Waals surface area contributed by atoms with Gasteiger partial charge in [-0.05, 0) is 49.4 Å². The highest BCUT2D eigenvalue weighted by molar-refractivity contribution is 7.92.